The fourth-order valence-corrected chi connectivity index (χ4v) is 4.33. The second kappa shape index (κ2) is 8.56. The van der Waals surface area contributed by atoms with Crippen LogP contribution >= 0.6 is 0 Å². The van der Waals surface area contributed by atoms with E-state index in [0.717, 1.165) is 12.0 Å². The molecular weight excluding hydrogens is 350 g/mol. The van der Waals surface area contributed by atoms with Crippen molar-refractivity contribution in [1.29, 1.82) is 0 Å². The highest BCUT2D eigenvalue weighted by atomic mass is 32.2. The molecule has 2 rings (SSSR count). The van der Waals surface area contributed by atoms with Crippen LogP contribution in [0.15, 0.2) is 47.4 Å². The summed E-state index contributed by atoms with van der Waals surface area (Å²) in [6, 6.07) is 12.4. The predicted molar refractivity (Wildman–Crippen MR) is 103 cm³/mol. The van der Waals surface area contributed by atoms with E-state index < -0.39 is 10.0 Å². The fraction of sp³-hybridized carbons (Fsp3) is 0.400. The van der Waals surface area contributed by atoms with Crippen molar-refractivity contribution in [3.05, 3.63) is 53.6 Å². The molecule has 2 aromatic rings. The molecule has 0 aromatic heterocycles. The molecule has 1 unspecified atom stereocenters. The van der Waals surface area contributed by atoms with E-state index in [1.807, 2.05) is 38.1 Å². The second-order valence-corrected chi connectivity index (χ2v) is 8.14. The summed E-state index contributed by atoms with van der Waals surface area (Å²) in [6.07, 6.45) is 0.944. The van der Waals surface area contributed by atoms with Gasteiger partial charge in [0.25, 0.3) is 0 Å². The van der Waals surface area contributed by atoms with Gasteiger partial charge in [-0.25, -0.2) is 13.1 Å². The van der Waals surface area contributed by atoms with Gasteiger partial charge in [-0.2, -0.15) is 0 Å². The van der Waals surface area contributed by atoms with Gasteiger partial charge in [0.15, 0.2) is 0 Å². The normalized spacial score (nSPS) is 12.8. The first-order valence-corrected chi connectivity index (χ1v) is 10.1. The average molecular weight is 378 g/mol. The maximum absolute atomic E-state index is 13.0. The third kappa shape index (κ3) is 4.56. The van der Waals surface area contributed by atoms with Gasteiger partial charge in [-0.05, 0) is 35.6 Å². The van der Waals surface area contributed by atoms with Crippen LogP contribution in [0.3, 0.4) is 0 Å². The fourth-order valence-electron chi connectivity index (χ4n) is 2.77. The molecule has 26 heavy (non-hydrogen) atoms. The molecule has 0 bridgehead atoms. The number of hydrogen-bond donors (Lipinski definition) is 1. The van der Waals surface area contributed by atoms with E-state index in [4.69, 9.17) is 9.47 Å². The van der Waals surface area contributed by atoms with Crippen LogP contribution in [0.2, 0.25) is 0 Å². The Kier molecular flexibility index (Phi) is 6.67. The monoisotopic (exact) mass is 377 g/mol. The molecule has 0 amide bonds. The SMILES string of the molecule is CCc1ccc(C(NS(=O)(=O)c2cc(OC)ccc2OC)C(C)C)cc1. The van der Waals surface area contributed by atoms with Crippen LogP contribution in [0.1, 0.15) is 37.9 Å². The Labute approximate surface area is 156 Å². The topological polar surface area (TPSA) is 64.6 Å². The Morgan fingerprint density at radius 1 is 1.00 bits per heavy atom. The zero-order chi connectivity index (χ0) is 19.3. The first-order chi connectivity index (χ1) is 12.3. The van der Waals surface area contributed by atoms with E-state index in [1.165, 1.54) is 25.8 Å². The van der Waals surface area contributed by atoms with Gasteiger partial charge in [-0.3, -0.25) is 0 Å². The highest BCUT2D eigenvalue weighted by Crippen LogP contribution is 2.31. The van der Waals surface area contributed by atoms with Crippen LogP contribution in [-0.4, -0.2) is 22.6 Å². The molecule has 0 aliphatic rings. The number of aryl methyl sites for hydroxylation is 1. The van der Waals surface area contributed by atoms with E-state index in [0.29, 0.717) is 5.75 Å². The first-order valence-electron chi connectivity index (χ1n) is 8.65. The molecule has 0 heterocycles. The Hall–Kier alpha value is -2.05. The first kappa shape index (κ1) is 20.3. The lowest BCUT2D eigenvalue weighted by Crippen LogP contribution is -2.32. The van der Waals surface area contributed by atoms with Crippen LogP contribution in [0.4, 0.5) is 0 Å². The standard InChI is InChI=1S/C20H27NO4S/c1-6-15-7-9-16(10-8-15)20(14(2)3)21-26(22,23)19-13-17(24-4)11-12-18(19)25-5/h7-14,20-21H,6H2,1-5H3. The summed E-state index contributed by atoms with van der Waals surface area (Å²) in [5, 5.41) is 0. The Morgan fingerprint density at radius 2 is 1.65 bits per heavy atom. The van der Waals surface area contributed by atoms with Crippen molar-refractivity contribution in [3.8, 4) is 11.5 Å². The lowest BCUT2D eigenvalue weighted by atomic mass is 9.96. The molecule has 1 N–H and O–H groups in total. The van der Waals surface area contributed by atoms with Crippen LogP contribution < -0.4 is 14.2 Å². The van der Waals surface area contributed by atoms with E-state index in [2.05, 4.69) is 11.6 Å². The van der Waals surface area contributed by atoms with Crippen LogP contribution in [0.25, 0.3) is 0 Å². The van der Waals surface area contributed by atoms with Gasteiger partial charge in [-0.1, -0.05) is 45.0 Å². The third-order valence-corrected chi connectivity index (χ3v) is 5.82. The quantitative estimate of drug-likeness (QED) is 0.757. The minimum absolute atomic E-state index is 0.0650. The van der Waals surface area contributed by atoms with Crippen molar-refractivity contribution in [2.45, 2.75) is 38.1 Å². The maximum Gasteiger partial charge on any atom is 0.244 e. The zero-order valence-electron chi connectivity index (χ0n) is 15.9. The molecule has 6 heteroatoms. The zero-order valence-corrected chi connectivity index (χ0v) is 16.8. The summed E-state index contributed by atoms with van der Waals surface area (Å²) in [5.41, 5.74) is 2.15. The van der Waals surface area contributed by atoms with Gasteiger partial charge < -0.3 is 9.47 Å². The number of rotatable bonds is 8. The van der Waals surface area contributed by atoms with E-state index in [-0.39, 0.29) is 22.6 Å². The maximum atomic E-state index is 13.0. The third-order valence-electron chi connectivity index (χ3n) is 4.36. The summed E-state index contributed by atoms with van der Waals surface area (Å²) in [5.74, 6) is 0.815. The van der Waals surface area contributed by atoms with E-state index >= 15 is 0 Å². The molecule has 0 radical (unpaired) electrons. The predicted octanol–water partition coefficient (Wildman–Crippen LogP) is 3.94. The second-order valence-electron chi connectivity index (χ2n) is 6.45. The van der Waals surface area contributed by atoms with Crippen molar-refractivity contribution in [1.82, 2.24) is 4.72 Å². The molecule has 0 fully saturated rings. The van der Waals surface area contributed by atoms with Gasteiger partial charge >= 0.3 is 0 Å². The molecule has 0 saturated carbocycles. The number of hydrogen-bond acceptors (Lipinski definition) is 4. The van der Waals surface area contributed by atoms with Gasteiger partial charge in [0.1, 0.15) is 16.4 Å². The molecule has 0 aliphatic carbocycles. The lowest BCUT2D eigenvalue weighted by molar-refractivity contribution is 0.390. The molecule has 2 aromatic carbocycles. The van der Waals surface area contributed by atoms with Crippen molar-refractivity contribution in [3.63, 3.8) is 0 Å². The Balaban J connectivity index is 2.41. The highest BCUT2D eigenvalue weighted by Gasteiger charge is 2.27. The molecular formula is C20H27NO4S. The highest BCUT2D eigenvalue weighted by molar-refractivity contribution is 7.89. The summed E-state index contributed by atoms with van der Waals surface area (Å²) in [7, 11) is -0.852. The van der Waals surface area contributed by atoms with Crippen molar-refractivity contribution in [2.24, 2.45) is 5.92 Å². The molecule has 0 saturated heterocycles. The molecule has 5 nitrogen and oxygen atoms in total. The minimum atomic E-state index is -3.80. The summed E-state index contributed by atoms with van der Waals surface area (Å²) in [6.45, 7) is 6.07. The molecule has 142 valence electrons. The van der Waals surface area contributed by atoms with Crippen LogP contribution in [0.5, 0.6) is 11.5 Å². The Bertz CT molecular complexity index is 829. The van der Waals surface area contributed by atoms with Crippen LogP contribution in [-0.2, 0) is 16.4 Å². The summed E-state index contributed by atoms with van der Waals surface area (Å²) < 4.78 is 39.3. The number of benzene rings is 2. The molecule has 1 atom stereocenters. The van der Waals surface area contributed by atoms with E-state index in [1.54, 1.807) is 12.1 Å². The molecule has 0 aliphatic heterocycles. The minimum Gasteiger partial charge on any atom is -0.497 e. The van der Waals surface area contributed by atoms with Gasteiger partial charge in [0.05, 0.1) is 14.2 Å². The van der Waals surface area contributed by atoms with Crippen LogP contribution in [0, 0.1) is 5.92 Å². The van der Waals surface area contributed by atoms with Gasteiger partial charge in [0.2, 0.25) is 10.0 Å². The number of ether oxygens (including phenoxy) is 2. The number of methoxy groups -OCH3 is 2. The summed E-state index contributed by atoms with van der Waals surface area (Å²) >= 11 is 0. The van der Waals surface area contributed by atoms with Gasteiger partial charge in [0, 0.05) is 12.1 Å². The largest absolute Gasteiger partial charge is 0.497 e. The Morgan fingerprint density at radius 3 is 2.15 bits per heavy atom. The summed E-state index contributed by atoms with van der Waals surface area (Å²) in [4.78, 5) is 0.0650. The van der Waals surface area contributed by atoms with E-state index in [9.17, 15) is 8.42 Å². The lowest BCUT2D eigenvalue weighted by Gasteiger charge is -2.24. The smallest absolute Gasteiger partial charge is 0.244 e. The van der Waals surface area contributed by atoms with Crippen molar-refractivity contribution >= 4 is 10.0 Å². The molecule has 0 spiro atoms. The number of sulfonamides is 1. The number of nitrogens with one attached hydrogen (secondary N) is 1. The van der Waals surface area contributed by atoms with Crippen molar-refractivity contribution < 1.29 is 17.9 Å². The van der Waals surface area contributed by atoms with Gasteiger partial charge in [-0.15, -0.1) is 0 Å². The van der Waals surface area contributed by atoms with Crippen molar-refractivity contribution in [2.75, 3.05) is 14.2 Å². The average Bonchev–Trinajstić information content (AvgIpc) is 2.65.